The number of rotatable bonds is 5. The zero-order valence-corrected chi connectivity index (χ0v) is 15.3. The number of amides is 1. The van der Waals surface area contributed by atoms with Gasteiger partial charge in [-0.15, -0.1) is 0 Å². The SMILES string of the molecule is Cc1nn(C(C)C(=O)Nc2ccn(Cc3ccc(Cl)cc3)n2)cc1Cl. The monoisotopic (exact) mass is 377 g/mol. The summed E-state index contributed by atoms with van der Waals surface area (Å²) in [5, 5.41) is 12.6. The average molecular weight is 378 g/mol. The molecule has 25 heavy (non-hydrogen) atoms. The van der Waals surface area contributed by atoms with Gasteiger partial charge in [0.2, 0.25) is 5.91 Å². The van der Waals surface area contributed by atoms with Crippen molar-refractivity contribution >= 4 is 34.9 Å². The maximum absolute atomic E-state index is 12.4. The third-order valence-electron chi connectivity index (χ3n) is 3.78. The Labute approximate surface area is 155 Å². The summed E-state index contributed by atoms with van der Waals surface area (Å²) in [5.74, 6) is 0.275. The van der Waals surface area contributed by atoms with Crippen molar-refractivity contribution in [1.29, 1.82) is 0 Å². The fourth-order valence-electron chi connectivity index (χ4n) is 2.30. The molecule has 1 unspecified atom stereocenters. The summed E-state index contributed by atoms with van der Waals surface area (Å²) in [6, 6.07) is 8.81. The second-order valence-electron chi connectivity index (χ2n) is 5.73. The van der Waals surface area contributed by atoms with Crippen LogP contribution in [0.4, 0.5) is 5.82 Å². The molecule has 130 valence electrons. The Morgan fingerprint density at radius 1 is 1.20 bits per heavy atom. The van der Waals surface area contributed by atoms with Crippen LogP contribution in [-0.4, -0.2) is 25.5 Å². The summed E-state index contributed by atoms with van der Waals surface area (Å²) in [4.78, 5) is 12.4. The summed E-state index contributed by atoms with van der Waals surface area (Å²) in [5.41, 5.74) is 1.76. The van der Waals surface area contributed by atoms with Gasteiger partial charge in [0, 0.05) is 23.5 Å². The van der Waals surface area contributed by atoms with Crippen molar-refractivity contribution < 1.29 is 4.79 Å². The molecule has 1 amide bonds. The summed E-state index contributed by atoms with van der Waals surface area (Å²) < 4.78 is 3.29. The molecular weight excluding hydrogens is 361 g/mol. The first kappa shape index (κ1) is 17.5. The van der Waals surface area contributed by atoms with Crippen molar-refractivity contribution in [3.8, 4) is 0 Å². The maximum Gasteiger partial charge on any atom is 0.250 e. The molecule has 3 rings (SSSR count). The van der Waals surface area contributed by atoms with Crippen molar-refractivity contribution in [3.63, 3.8) is 0 Å². The first-order valence-corrected chi connectivity index (χ1v) is 8.48. The molecule has 1 aromatic carbocycles. The summed E-state index contributed by atoms with van der Waals surface area (Å²) in [6.45, 7) is 4.14. The molecule has 0 aliphatic heterocycles. The number of nitrogens with one attached hydrogen (secondary N) is 1. The van der Waals surface area contributed by atoms with E-state index in [0.717, 1.165) is 5.56 Å². The van der Waals surface area contributed by atoms with Gasteiger partial charge in [0.25, 0.3) is 0 Å². The van der Waals surface area contributed by atoms with Gasteiger partial charge in [-0.05, 0) is 31.5 Å². The number of carbonyl (C=O) groups excluding carboxylic acids is 1. The molecule has 1 N–H and O–H groups in total. The van der Waals surface area contributed by atoms with Crippen LogP contribution in [0.1, 0.15) is 24.2 Å². The molecule has 2 heterocycles. The van der Waals surface area contributed by atoms with Gasteiger partial charge < -0.3 is 5.32 Å². The smallest absolute Gasteiger partial charge is 0.250 e. The van der Waals surface area contributed by atoms with Gasteiger partial charge in [-0.25, -0.2) is 0 Å². The zero-order valence-electron chi connectivity index (χ0n) is 13.8. The number of aryl methyl sites for hydroxylation is 1. The highest BCUT2D eigenvalue weighted by molar-refractivity contribution is 6.31. The number of anilines is 1. The molecule has 0 saturated carbocycles. The highest BCUT2D eigenvalue weighted by atomic mass is 35.5. The minimum absolute atomic E-state index is 0.212. The summed E-state index contributed by atoms with van der Waals surface area (Å²) in [6.07, 6.45) is 3.45. The topological polar surface area (TPSA) is 64.7 Å². The lowest BCUT2D eigenvalue weighted by molar-refractivity contribution is -0.119. The number of halogens is 2. The van der Waals surface area contributed by atoms with Crippen LogP contribution in [0.15, 0.2) is 42.7 Å². The molecule has 6 nitrogen and oxygen atoms in total. The van der Waals surface area contributed by atoms with Crippen LogP contribution in [-0.2, 0) is 11.3 Å². The van der Waals surface area contributed by atoms with Crippen LogP contribution in [0.5, 0.6) is 0 Å². The average Bonchev–Trinajstić information content (AvgIpc) is 3.15. The van der Waals surface area contributed by atoms with E-state index in [9.17, 15) is 4.79 Å². The van der Waals surface area contributed by atoms with E-state index in [0.29, 0.717) is 28.1 Å². The Morgan fingerprint density at radius 3 is 2.56 bits per heavy atom. The molecule has 3 aromatic rings. The predicted molar refractivity (Wildman–Crippen MR) is 98.1 cm³/mol. The lowest BCUT2D eigenvalue weighted by atomic mass is 10.2. The third kappa shape index (κ3) is 4.21. The molecule has 0 aliphatic carbocycles. The second-order valence-corrected chi connectivity index (χ2v) is 6.58. The molecule has 0 aliphatic rings. The van der Waals surface area contributed by atoms with Crippen LogP contribution in [0.25, 0.3) is 0 Å². The fraction of sp³-hybridized carbons (Fsp3) is 0.235. The molecule has 0 bridgehead atoms. The van der Waals surface area contributed by atoms with Gasteiger partial charge in [-0.3, -0.25) is 14.2 Å². The number of hydrogen-bond acceptors (Lipinski definition) is 3. The van der Waals surface area contributed by atoms with E-state index in [4.69, 9.17) is 23.2 Å². The van der Waals surface area contributed by atoms with Crippen LogP contribution >= 0.6 is 23.2 Å². The van der Waals surface area contributed by atoms with E-state index < -0.39 is 6.04 Å². The largest absolute Gasteiger partial charge is 0.307 e. The number of aromatic nitrogens is 4. The quantitative estimate of drug-likeness (QED) is 0.731. The molecule has 0 saturated heterocycles. The Hall–Kier alpha value is -2.31. The fourth-order valence-corrected chi connectivity index (χ4v) is 2.57. The number of benzene rings is 1. The van der Waals surface area contributed by atoms with E-state index in [2.05, 4.69) is 15.5 Å². The Kier molecular flexibility index (Phi) is 5.11. The minimum Gasteiger partial charge on any atom is -0.307 e. The van der Waals surface area contributed by atoms with Crippen molar-refractivity contribution in [2.45, 2.75) is 26.4 Å². The normalized spacial score (nSPS) is 12.2. The van der Waals surface area contributed by atoms with Crippen molar-refractivity contribution in [2.24, 2.45) is 0 Å². The van der Waals surface area contributed by atoms with Gasteiger partial charge in [0.1, 0.15) is 6.04 Å². The van der Waals surface area contributed by atoms with Gasteiger partial charge >= 0.3 is 0 Å². The van der Waals surface area contributed by atoms with E-state index in [1.54, 1.807) is 30.8 Å². The van der Waals surface area contributed by atoms with Gasteiger partial charge in [-0.2, -0.15) is 10.2 Å². The number of hydrogen-bond donors (Lipinski definition) is 1. The minimum atomic E-state index is -0.493. The molecule has 0 radical (unpaired) electrons. The van der Waals surface area contributed by atoms with Crippen LogP contribution < -0.4 is 5.32 Å². The second kappa shape index (κ2) is 7.29. The Bertz CT molecular complexity index is 865. The molecular formula is C17H17Cl2N5O. The van der Waals surface area contributed by atoms with Gasteiger partial charge in [-0.1, -0.05) is 35.3 Å². The van der Waals surface area contributed by atoms with Gasteiger partial charge in [0.05, 0.1) is 17.3 Å². The molecule has 2 aromatic heterocycles. The summed E-state index contributed by atoms with van der Waals surface area (Å²) in [7, 11) is 0. The lowest BCUT2D eigenvalue weighted by Crippen LogP contribution is -2.24. The standard InChI is InChI=1S/C17H17Cl2N5O/c1-11-15(19)10-24(21-11)12(2)17(25)20-16-7-8-23(22-16)9-13-3-5-14(18)6-4-13/h3-8,10,12H,9H2,1-2H3,(H,20,22,25). The van der Waals surface area contributed by atoms with Crippen molar-refractivity contribution in [2.75, 3.05) is 5.32 Å². The maximum atomic E-state index is 12.4. The molecule has 1 atom stereocenters. The highest BCUT2D eigenvalue weighted by Gasteiger charge is 2.18. The first-order valence-electron chi connectivity index (χ1n) is 7.72. The molecule has 0 fully saturated rings. The first-order chi connectivity index (χ1) is 11.9. The third-order valence-corrected chi connectivity index (χ3v) is 4.41. The Balaban J connectivity index is 1.64. The van der Waals surface area contributed by atoms with Crippen LogP contribution in [0.3, 0.4) is 0 Å². The van der Waals surface area contributed by atoms with E-state index in [-0.39, 0.29) is 5.91 Å². The van der Waals surface area contributed by atoms with Crippen molar-refractivity contribution in [3.05, 3.63) is 64.0 Å². The predicted octanol–water partition coefficient (Wildman–Crippen LogP) is 3.94. The van der Waals surface area contributed by atoms with Crippen LogP contribution in [0.2, 0.25) is 10.0 Å². The van der Waals surface area contributed by atoms with Gasteiger partial charge in [0.15, 0.2) is 5.82 Å². The molecule has 8 heteroatoms. The summed E-state index contributed by atoms with van der Waals surface area (Å²) >= 11 is 11.9. The molecule has 0 spiro atoms. The highest BCUT2D eigenvalue weighted by Crippen LogP contribution is 2.17. The lowest BCUT2D eigenvalue weighted by Gasteiger charge is -2.11. The number of nitrogens with zero attached hydrogens (tertiary/aromatic N) is 4. The Morgan fingerprint density at radius 2 is 1.92 bits per heavy atom. The van der Waals surface area contributed by atoms with Crippen molar-refractivity contribution in [1.82, 2.24) is 19.6 Å². The van der Waals surface area contributed by atoms with E-state index in [1.807, 2.05) is 30.5 Å². The van der Waals surface area contributed by atoms with E-state index in [1.165, 1.54) is 4.68 Å². The van der Waals surface area contributed by atoms with Crippen LogP contribution in [0, 0.1) is 6.92 Å². The van der Waals surface area contributed by atoms with E-state index >= 15 is 0 Å². The number of carbonyl (C=O) groups is 1. The zero-order chi connectivity index (χ0) is 18.0.